The molecule has 1 saturated carbocycles. The van der Waals surface area contributed by atoms with Crippen LogP contribution in [-0.2, 0) is 52.0 Å². The number of fused-ring (bicyclic) bond motifs is 2. The number of nitrogen functional groups attached to an aromatic ring is 1. The Morgan fingerprint density at radius 1 is 1.07 bits per heavy atom. The highest BCUT2D eigenvalue weighted by atomic mass is 31.2. The largest absolute Gasteiger partial charge is 0.468 e. The minimum atomic E-state index is -4.40. The molecule has 2 aromatic heterocycles. The van der Waals surface area contributed by atoms with E-state index in [0.717, 1.165) is 14.2 Å². The number of nitrogens with zero attached hydrogens (tertiary/aromatic N) is 3. The summed E-state index contributed by atoms with van der Waals surface area (Å²) in [6.07, 6.45) is -2.55. The SMILES string of the molecule is CCC(=O)O[C@H]1[C@H](c2ccc3c(N)ncnn23)O[C@]2(C)C(OP(=O)(N[C@@H](C)C(=O)OC)N[C@@H](C)C(=O)OC)[C@]12OC(=O)CC. The maximum absolute atomic E-state index is 14.3. The zero-order chi connectivity index (χ0) is 32.6. The van der Waals surface area contributed by atoms with Gasteiger partial charge in [-0.25, -0.2) is 19.7 Å². The van der Waals surface area contributed by atoms with Gasteiger partial charge in [-0.1, -0.05) is 13.8 Å². The number of aromatic nitrogens is 3. The van der Waals surface area contributed by atoms with Crippen molar-refractivity contribution in [1.82, 2.24) is 24.8 Å². The second-order valence-electron chi connectivity index (χ2n) is 10.5. The van der Waals surface area contributed by atoms with Crippen LogP contribution in [0.15, 0.2) is 18.5 Å². The lowest BCUT2D eigenvalue weighted by atomic mass is 10.0. The maximum Gasteiger partial charge on any atom is 0.342 e. The van der Waals surface area contributed by atoms with E-state index < -0.39 is 73.1 Å². The van der Waals surface area contributed by atoms with Gasteiger partial charge in [-0.05, 0) is 32.9 Å². The monoisotopic (exact) mass is 640 g/mol. The summed E-state index contributed by atoms with van der Waals surface area (Å²) < 4.78 is 49.6. The molecule has 0 aromatic carbocycles. The molecule has 1 saturated heterocycles. The van der Waals surface area contributed by atoms with E-state index in [-0.39, 0.29) is 18.7 Å². The summed E-state index contributed by atoms with van der Waals surface area (Å²) in [6, 6.07) is 0.954. The average molecular weight is 641 g/mol. The Hall–Kier alpha value is -3.63. The molecule has 4 rings (SSSR count). The standard InChI is InChI=1S/C26H37N6O11P/c1-8-17(33)40-20-19(15-10-11-16-21(27)28-12-29-32(15)16)42-25(5)24(26(20,25)41-18(34)9-2)43-44(37,30-13(3)22(35)38-6)31-14(4)23(36)39-7/h10-14,19-20,24H,8-9H2,1-7H3,(H2,27,28,29)(H2,30,31,37)/t13-,14-,19-,20-,24?,25+,26+/m0/s1. The van der Waals surface area contributed by atoms with E-state index in [2.05, 4.69) is 20.3 Å². The molecule has 44 heavy (non-hydrogen) atoms. The Labute approximate surface area is 253 Å². The average Bonchev–Trinajstić information content (AvgIpc) is 3.27. The molecule has 0 radical (unpaired) electrons. The fourth-order valence-electron chi connectivity index (χ4n) is 5.33. The fraction of sp³-hybridized carbons (Fsp3) is 0.615. The van der Waals surface area contributed by atoms with Crippen molar-refractivity contribution < 1.29 is 52.0 Å². The smallest absolute Gasteiger partial charge is 0.342 e. The first-order valence-corrected chi connectivity index (χ1v) is 15.5. The van der Waals surface area contributed by atoms with Crippen molar-refractivity contribution in [2.24, 2.45) is 0 Å². The first-order valence-electron chi connectivity index (χ1n) is 13.9. The van der Waals surface area contributed by atoms with Gasteiger partial charge in [0.05, 0.1) is 19.9 Å². The summed E-state index contributed by atoms with van der Waals surface area (Å²) >= 11 is 0. The van der Waals surface area contributed by atoms with Crippen molar-refractivity contribution in [2.75, 3.05) is 20.0 Å². The molecule has 18 heteroatoms. The summed E-state index contributed by atoms with van der Waals surface area (Å²) in [5.74, 6) is -2.68. The predicted molar refractivity (Wildman–Crippen MR) is 151 cm³/mol. The number of rotatable bonds is 13. The van der Waals surface area contributed by atoms with Crippen LogP contribution < -0.4 is 15.9 Å². The van der Waals surface area contributed by atoms with Gasteiger partial charge in [0.2, 0.25) is 5.60 Å². The first-order chi connectivity index (χ1) is 20.7. The molecule has 1 aliphatic heterocycles. The lowest BCUT2D eigenvalue weighted by Gasteiger charge is -2.31. The number of methoxy groups -OCH3 is 2. The lowest BCUT2D eigenvalue weighted by molar-refractivity contribution is -0.177. The summed E-state index contributed by atoms with van der Waals surface area (Å²) in [5, 5.41) is 9.36. The molecule has 2 aliphatic rings. The van der Waals surface area contributed by atoms with Crippen LogP contribution >= 0.6 is 7.67 Å². The second-order valence-corrected chi connectivity index (χ2v) is 12.3. The number of hydrogen-bond acceptors (Lipinski definition) is 14. The molecule has 0 bridgehead atoms. The van der Waals surface area contributed by atoms with Crippen molar-refractivity contribution in [2.45, 2.75) is 89.1 Å². The Morgan fingerprint density at radius 3 is 2.20 bits per heavy atom. The normalized spacial score (nSPS) is 27.2. The van der Waals surface area contributed by atoms with E-state index in [1.807, 2.05) is 0 Å². The van der Waals surface area contributed by atoms with Crippen LogP contribution in [-0.4, -0.2) is 88.2 Å². The molecule has 242 valence electrons. The summed E-state index contributed by atoms with van der Waals surface area (Å²) in [4.78, 5) is 54.1. The number of esters is 4. The molecule has 1 aliphatic carbocycles. The quantitative estimate of drug-likeness (QED) is 0.158. The third-order valence-corrected chi connectivity index (χ3v) is 9.63. The minimum Gasteiger partial charge on any atom is -0.468 e. The van der Waals surface area contributed by atoms with E-state index in [1.54, 1.807) is 32.9 Å². The highest BCUT2D eigenvalue weighted by Gasteiger charge is 2.91. The lowest BCUT2D eigenvalue weighted by Crippen LogP contribution is -2.45. The first kappa shape index (κ1) is 33.3. The molecular weight excluding hydrogens is 603 g/mol. The number of ether oxygens (including phenoxy) is 5. The molecule has 2 aromatic rings. The van der Waals surface area contributed by atoms with Crippen LogP contribution in [0.25, 0.3) is 5.52 Å². The van der Waals surface area contributed by atoms with Crippen molar-refractivity contribution in [3.63, 3.8) is 0 Å². The third kappa shape index (κ3) is 5.65. The van der Waals surface area contributed by atoms with Crippen molar-refractivity contribution in [3.8, 4) is 0 Å². The maximum atomic E-state index is 14.3. The summed E-state index contributed by atoms with van der Waals surface area (Å²) in [6.45, 7) is 7.45. The molecule has 17 nitrogen and oxygen atoms in total. The van der Waals surface area contributed by atoms with Gasteiger partial charge < -0.3 is 29.4 Å². The van der Waals surface area contributed by atoms with Crippen LogP contribution in [0, 0.1) is 0 Å². The molecule has 3 heterocycles. The second kappa shape index (κ2) is 12.4. The number of carbonyl (C=O) groups excluding carboxylic acids is 4. The third-order valence-electron chi connectivity index (χ3n) is 7.66. The van der Waals surface area contributed by atoms with E-state index in [4.69, 9.17) is 33.9 Å². The summed E-state index contributed by atoms with van der Waals surface area (Å²) in [7, 11) is -2.11. The van der Waals surface area contributed by atoms with E-state index in [1.165, 1.54) is 24.7 Å². The molecule has 7 atom stereocenters. The molecule has 0 spiro atoms. The molecule has 1 unspecified atom stereocenters. The van der Waals surface area contributed by atoms with Gasteiger partial charge >= 0.3 is 31.5 Å². The van der Waals surface area contributed by atoms with E-state index >= 15 is 0 Å². The van der Waals surface area contributed by atoms with Crippen LogP contribution in [0.2, 0.25) is 0 Å². The Balaban J connectivity index is 1.80. The minimum absolute atomic E-state index is 0.0256. The van der Waals surface area contributed by atoms with Gasteiger partial charge in [0.15, 0.2) is 11.9 Å². The van der Waals surface area contributed by atoms with Crippen LogP contribution in [0.1, 0.15) is 59.3 Å². The number of hydrogen-bond donors (Lipinski definition) is 3. The predicted octanol–water partition coefficient (Wildman–Crippen LogP) is 0.964. The Morgan fingerprint density at radius 2 is 1.66 bits per heavy atom. The van der Waals surface area contributed by atoms with Crippen LogP contribution in [0.3, 0.4) is 0 Å². The van der Waals surface area contributed by atoms with Gasteiger partial charge in [0.1, 0.15) is 41.7 Å². The topological polar surface area (TPSA) is 221 Å². The fourth-order valence-corrected chi connectivity index (χ4v) is 7.41. The van der Waals surface area contributed by atoms with Gasteiger partial charge in [-0.3, -0.25) is 28.3 Å². The van der Waals surface area contributed by atoms with Gasteiger partial charge in [-0.15, -0.1) is 0 Å². The van der Waals surface area contributed by atoms with Gasteiger partial charge in [-0.2, -0.15) is 5.10 Å². The molecule has 0 amide bonds. The molecule has 4 N–H and O–H groups in total. The summed E-state index contributed by atoms with van der Waals surface area (Å²) in [5.41, 5.74) is 3.50. The van der Waals surface area contributed by atoms with Crippen LogP contribution in [0.5, 0.6) is 0 Å². The highest BCUT2D eigenvalue weighted by molar-refractivity contribution is 7.54. The number of nitrogens with one attached hydrogen (secondary N) is 2. The van der Waals surface area contributed by atoms with Gasteiger partial charge in [0.25, 0.3) is 0 Å². The van der Waals surface area contributed by atoms with Crippen molar-refractivity contribution in [3.05, 3.63) is 24.2 Å². The Kier molecular flexibility index (Phi) is 9.38. The van der Waals surface area contributed by atoms with Crippen molar-refractivity contribution >= 4 is 42.9 Å². The molecular formula is C26H37N6O11P. The van der Waals surface area contributed by atoms with Crippen molar-refractivity contribution in [1.29, 1.82) is 0 Å². The Bertz CT molecular complexity index is 1470. The number of nitrogens with two attached hydrogens (primary N) is 1. The highest BCUT2D eigenvalue weighted by Crippen LogP contribution is 2.70. The molecule has 2 fully saturated rings. The van der Waals surface area contributed by atoms with E-state index in [9.17, 15) is 23.7 Å². The zero-order valence-electron chi connectivity index (χ0n) is 25.4. The zero-order valence-corrected chi connectivity index (χ0v) is 26.3. The number of anilines is 1. The number of carbonyl (C=O) groups is 4. The van der Waals surface area contributed by atoms with E-state index in [0.29, 0.717) is 11.2 Å². The van der Waals surface area contributed by atoms with Gasteiger partial charge in [0, 0.05) is 12.8 Å². The van der Waals surface area contributed by atoms with Crippen LogP contribution in [0.4, 0.5) is 5.82 Å².